The number of para-hydroxylation sites is 1. The van der Waals surface area contributed by atoms with Gasteiger partial charge in [-0.25, -0.2) is 5.43 Å². The van der Waals surface area contributed by atoms with Crippen molar-refractivity contribution in [3.8, 4) is 17.2 Å². The second kappa shape index (κ2) is 8.57. The smallest absolute Gasteiger partial charge is 0.275 e. The van der Waals surface area contributed by atoms with Crippen LogP contribution in [0.4, 0.5) is 0 Å². The van der Waals surface area contributed by atoms with Crippen LogP contribution in [0.5, 0.6) is 17.2 Å². The van der Waals surface area contributed by atoms with E-state index in [0.717, 1.165) is 5.56 Å². The molecule has 0 saturated carbocycles. The zero-order valence-electron chi connectivity index (χ0n) is 13.7. The molecule has 0 spiro atoms. The summed E-state index contributed by atoms with van der Waals surface area (Å²) in [7, 11) is 0. The largest absolute Gasteiger partial charge is 0.507 e. The van der Waals surface area contributed by atoms with E-state index in [1.54, 1.807) is 24.3 Å². The second-order valence-corrected chi connectivity index (χ2v) is 4.79. The Balaban J connectivity index is 2.07. The summed E-state index contributed by atoms with van der Waals surface area (Å²) in [6.45, 7) is 4.86. The van der Waals surface area contributed by atoms with Crippen molar-refractivity contribution >= 4 is 12.1 Å². The van der Waals surface area contributed by atoms with E-state index in [1.807, 2.05) is 19.9 Å². The van der Waals surface area contributed by atoms with E-state index in [-0.39, 0.29) is 11.3 Å². The summed E-state index contributed by atoms with van der Waals surface area (Å²) < 4.78 is 11.0. The number of hydrogen-bond acceptors (Lipinski definition) is 5. The number of carbonyl (C=O) groups excluding carboxylic acids is 1. The quantitative estimate of drug-likeness (QED) is 0.605. The Morgan fingerprint density at radius 3 is 2.54 bits per heavy atom. The van der Waals surface area contributed by atoms with Gasteiger partial charge in [0.15, 0.2) is 11.5 Å². The Morgan fingerprint density at radius 1 is 1.12 bits per heavy atom. The van der Waals surface area contributed by atoms with Crippen LogP contribution in [0.25, 0.3) is 0 Å². The minimum absolute atomic E-state index is 0.0927. The zero-order valence-corrected chi connectivity index (χ0v) is 13.7. The molecule has 0 heterocycles. The summed E-state index contributed by atoms with van der Waals surface area (Å²) in [5.74, 6) is 0.704. The molecular formula is C18H20N2O4. The number of nitrogens with zero attached hydrogens (tertiary/aromatic N) is 1. The Bertz CT molecular complexity index is 729. The number of benzene rings is 2. The predicted molar refractivity (Wildman–Crippen MR) is 91.9 cm³/mol. The molecule has 0 saturated heterocycles. The number of phenolic OH excluding ortho intramolecular Hbond substituents is 1. The maximum absolute atomic E-state index is 11.9. The van der Waals surface area contributed by atoms with Gasteiger partial charge < -0.3 is 14.6 Å². The molecule has 2 aromatic rings. The van der Waals surface area contributed by atoms with Crippen LogP contribution >= 0.6 is 0 Å². The van der Waals surface area contributed by atoms with E-state index in [9.17, 15) is 9.90 Å². The lowest BCUT2D eigenvalue weighted by atomic mass is 10.2. The van der Waals surface area contributed by atoms with Crippen molar-refractivity contribution in [3.05, 3.63) is 53.6 Å². The van der Waals surface area contributed by atoms with E-state index in [4.69, 9.17) is 9.47 Å². The molecule has 0 aliphatic rings. The average molecular weight is 328 g/mol. The minimum Gasteiger partial charge on any atom is -0.507 e. The third-order valence-electron chi connectivity index (χ3n) is 3.10. The van der Waals surface area contributed by atoms with E-state index in [0.29, 0.717) is 24.7 Å². The molecule has 6 heteroatoms. The number of rotatable bonds is 7. The lowest BCUT2D eigenvalue weighted by Crippen LogP contribution is -2.17. The minimum atomic E-state index is -0.486. The molecule has 2 rings (SSSR count). The molecule has 0 bridgehead atoms. The molecule has 0 unspecified atom stereocenters. The van der Waals surface area contributed by atoms with Gasteiger partial charge in [-0.2, -0.15) is 5.10 Å². The fourth-order valence-electron chi connectivity index (χ4n) is 2.04. The van der Waals surface area contributed by atoms with Gasteiger partial charge in [-0.3, -0.25) is 4.79 Å². The molecule has 0 aromatic heterocycles. The van der Waals surface area contributed by atoms with Gasteiger partial charge in [0.2, 0.25) is 0 Å². The number of amides is 1. The molecule has 0 atom stereocenters. The Morgan fingerprint density at radius 2 is 1.83 bits per heavy atom. The lowest BCUT2D eigenvalue weighted by molar-refractivity contribution is 0.0952. The Hall–Kier alpha value is -3.02. The van der Waals surface area contributed by atoms with Gasteiger partial charge in [0.1, 0.15) is 5.75 Å². The van der Waals surface area contributed by atoms with Gasteiger partial charge in [0, 0.05) is 0 Å². The number of hydrazone groups is 1. The standard InChI is InChI=1S/C18H20N2O4/c1-3-23-16-10-9-13(11-17(16)24-4-2)12-19-20-18(22)14-7-5-6-8-15(14)21/h5-12,21H,3-4H2,1-2H3,(H,20,22)/b19-12+. The number of phenols is 1. The number of nitrogens with one attached hydrogen (secondary N) is 1. The van der Waals surface area contributed by atoms with Crippen molar-refractivity contribution < 1.29 is 19.4 Å². The van der Waals surface area contributed by atoms with Crippen LogP contribution in [-0.2, 0) is 0 Å². The fraction of sp³-hybridized carbons (Fsp3) is 0.222. The van der Waals surface area contributed by atoms with Gasteiger partial charge in [0.25, 0.3) is 5.91 Å². The van der Waals surface area contributed by atoms with Crippen molar-refractivity contribution in [2.75, 3.05) is 13.2 Å². The topological polar surface area (TPSA) is 80.2 Å². The van der Waals surface area contributed by atoms with Gasteiger partial charge >= 0.3 is 0 Å². The lowest BCUT2D eigenvalue weighted by Gasteiger charge is -2.11. The van der Waals surface area contributed by atoms with Crippen LogP contribution in [0.2, 0.25) is 0 Å². The summed E-state index contributed by atoms with van der Waals surface area (Å²) in [6, 6.07) is 11.7. The molecular weight excluding hydrogens is 308 g/mol. The third kappa shape index (κ3) is 4.49. The van der Waals surface area contributed by atoms with Crippen LogP contribution in [0.3, 0.4) is 0 Å². The van der Waals surface area contributed by atoms with Crippen LogP contribution in [0.15, 0.2) is 47.6 Å². The van der Waals surface area contributed by atoms with Crippen LogP contribution in [-0.4, -0.2) is 30.4 Å². The average Bonchev–Trinajstić information content (AvgIpc) is 2.58. The molecule has 1 amide bonds. The predicted octanol–water partition coefficient (Wildman–Crippen LogP) is 2.95. The van der Waals surface area contributed by atoms with Gasteiger partial charge in [0.05, 0.1) is 25.0 Å². The molecule has 24 heavy (non-hydrogen) atoms. The molecule has 0 fully saturated rings. The molecule has 0 aliphatic heterocycles. The van der Waals surface area contributed by atoms with E-state index < -0.39 is 5.91 Å². The summed E-state index contributed by atoms with van der Waals surface area (Å²) in [5, 5.41) is 13.5. The summed E-state index contributed by atoms with van der Waals surface area (Å²) in [4.78, 5) is 11.9. The molecule has 0 radical (unpaired) electrons. The first-order chi connectivity index (χ1) is 11.7. The fourth-order valence-corrected chi connectivity index (χ4v) is 2.04. The number of ether oxygens (including phenoxy) is 2. The maximum atomic E-state index is 11.9. The first kappa shape index (κ1) is 17.3. The van der Waals surface area contributed by atoms with E-state index in [1.165, 1.54) is 18.3 Å². The highest BCUT2D eigenvalue weighted by Crippen LogP contribution is 2.28. The first-order valence-corrected chi connectivity index (χ1v) is 7.66. The van der Waals surface area contributed by atoms with Crippen LogP contribution in [0, 0.1) is 0 Å². The van der Waals surface area contributed by atoms with Crippen molar-refractivity contribution in [1.29, 1.82) is 0 Å². The normalized spacial score (nSPS) is 10.6. The van der Waals surface area contributed by atoms with Crippen molar-refractivity contribution in [1.82, 2.24) is 5.43 Å². The molecule has 6 nitrogen and oxygen atoms in total. The molecule has 2 aromatic carbocycles. The number of hydrogen-bond donors (Lipinski definition) is 2. The molecule has 0 aliphatic carbocycles. The highest BCUT2D eigenvalue weighted by Gasteiger charge is 2.09. The Kier molecular flexibility index (Phi) is 6.19. The van der Waals surface area contributed by atoms with Gasteiger partial charge in [-0.1, -0.05) is 12.1 Å². The van der Waals surface area contributed by atoms with Crippen molar-refractivity contribution in [3.63, 3.8) is 0 Å². The zero-order chi connectivity index (χ0) is 17.4. The monoisotopic (exact) mass is 328 g/mol. The van der Waals surface area contributed by atoms with E-state index >= 15 is 0 Å². The number of aromatic hydroxyl groups is 1. The molecule has 126 valence electrons. The maximum Gasteiger partial charge on any atom is 0.275 e. The second-order valence-electron chi connectivity index (χ2n) is 4.79. The van der Waals surface area contributed by atoms with Crippen molar-refractivity contribution in [2.45, 2.75) is 13.8 Å². The summed E-state index contributed by atoms with van der Waals surface area (Å²) in [5.41, 5.74) is 3.29. The Labute approximate surface area is 140 Å². The highest BCUT2D eigenvalue weighted by molar-refractivity contribution is 5.97. The van der Waals surface area contributed by atoms with Crippen LogP contribution < -0.4 is 14.9 Å². The van der Waals surface area contributed by atoms with Crippen molar-refractivity contribution in [2.24, 2.45) is 5.10 Å². The third-order valence-corrected chi connectivity index (χ3v) is 3.10. The molecule has 2 N–H and O–H groups in total. The summed E-state index contributed by atoms with van der Waals surface area (Å²) in [6.07, 6.45) is 1.50. The van der Waals surface area contributed by atoms with Gasteiger partial charge in [-0.15, -0.1) is 0 Å². The van der Waals surface area contributed by atoms with Crippen LogP contribution in [0.1, 0.15) is 29.8 Å². The van der Waals surface area contributed by atoms with E-state index in [2.05, 4.69) is 10.5 Å². The highest BCUT2D eigenvalue weighted by atomic mass is 16.5. The van der Waals surface area contributed by atoms with Gasteiger partial charge in [-0.05, 0) is 49.7 Å². The summed E-state index contributed by atoms with van der Waals surface area (Å²) >= 11 is 0. The number of carbonyl (C=O) groups is 1. The first-order valence-electron chi connectivity index (χ1n) is 7.66. The SMILES string of the molecule is CCOc1ccc(/C=N/NC(=O)c2ccccc2O)cc1OCC.